The van der Waals surface area contributed by atoms with E-state index in [0.717, 1.165) is 6.07 Å². The summed E-state index contributed by atoms with van der Waals surface area (Å²) in [5.74, 6) is -2.85. The Labute approximate surface area is 195 Å². The zero-order valence-corrected chi connectivity index (χ0v) is 18.1. The van der Waals surface area contributed by atoms with Gasteiger partial charge in [0.1, 0.15) is 11.8 Å². The van der Waals surface area contributed by atoms with E-state index in [1.807, 2.05) is 18.2 Å². The molecule has 8 nitrogen and oxygen atoms in total. The topological polar surface area (TPSA) is 118 Å². The average Bonchev–Trinajstić information content (AvgIpc) is 2.79. The van der Waals surface area contributed by atoms with Crippen LogP contribution in [0.5, 0.6) is 5.88 Å². The third kappa shape index (κ3) is 8.96. The maximum Gasteiger partial charge on any atom is 0.490 e. The zero-order chi connectivity index (χ0) is 26.2. The van der Waals surface area contributed by atoms with Crippen molar-refractivity contribution in [1.82, 2.24) is 9.88 Å². The van der Waals surface area contributed by atoms with Gasteiger partial charge in [0.2, 0.25) is 5.88 Å². The van der Waals surface area contributed by atoms with Gasteiger partial charge in [0.05, 0.1) is 0 Å². The quantitative estimate of drug-likeness (QED) is 0.531. The molecule has 0 radical (unpaired) electrons. The third-order valence-electron chi connectivity index (χ3n) is 4.67. The molecule has 14 heteroatoms. The highest BCUT2D eigenvalue weighted by Gasteiger charge is 2.38. The van der Waals surface area contributed by atoms with E-state index in [1.54, 1.807) is 17.0 Å². The number of nitrogens with zero attached hydrogens (tertiary/aromatic N) is 2. The van der Waals surface area contributed by atoms with Gasteiger partial charge in [-0.25, -0.2) is 14.6 Å². The molecule has 35 heavy (non-hydrogen) atoms. The number of para-hydroxylation sites is 1. The molecular weight excluding hydrogens is 486 g/mol. The predicted molar refractivity (Wildman–Crippen MR) is 112 cm³/mol. The molecule has 1 aromatic carbocycles. The first-order chi connectivity index (χ1) is 16.3. The number of halogens is 6. The lowest BCUT2D eigenvalue weighted by molar-refractivity contribution is -0.192. The van der Waals surface area contributed by atoms with E-state index in [-0.39, 0.29) is 24.6 Å². The summed E-state index contributed by atoms with van der Waals surface area (Å²) in [6.45, 7) is 0.831. The number of carbonyl (C=O) groups is 2. The number of ether oxygens (including phenoxy) is 1. The van der Waals surface area contributed by atoms with Gasteiger partial charge < -0.3 is 25.8 Å². The van der Waals surface area contributed by atoms with E-state index in [0.29, 0.717) is 37.2 Å². The van der Waals surface area contributed by atoms with Crippen LogP contribution in [0.3, 0.4) is 0 Å². The number of anilines is 1. The van der Waals surface area contributed by atoms with Crippen LogP contribution < -0.4 is 15.8 Å². The number of aliphatic carboxylic acids is 1. The molecule has 4 N–H and O–H groups in total. The molecule has 1 aromatic heterocycles. The first kappa shape index (κ1) is 27.7. The second-order valence-corrected chi connectivity index (χ2v) is 7.30. The number of piperidine rings is 1. The fourth-order valence-electron chi connectivity index (χ4n) is 2.95. The number of likely N-dealkylation sites (tertiary alicyclic amines) is 1. The Morgan fingerprint density at radius 2 is 1.66 bits per heavy atom. The number of carboxylic acid groups (broad SMARTS) is 1. The van der Waals surface area contributed by atoms with Crippen molar-refractivity contribution in [3.05, 3.63) is 53.7 Å². The highest BCUT2D eigenvalue weighted by molar-refractivity contribution is 5.89. The maximum absolute atomic E-state index is 13.0. The number of urea groups is 1. The average molecular weight is 508 g/mol. The summed E-state index contributed by atoms with van der Waals surface area (Å²) in [5, 5.41) is 9.94. The highest BCUT2D eigenvalue weighted by atomic mass is 19.4. The molecule has 3 rings (SSSR count). The maximum atomic E-state index is 13.0. The number of nitrogens with two attached hydrogens (primary N) is 1. The Hall–Kier alpha value is -3.55. The summed E-state index contributed by atoms with van der Waals surface area (Å²) in [6, 6.07) is 11.2. The summed E-state index contributed by atoms with van der Waals surface area (Å²) < 4.78 is 76.3. The normalized spacial score (nSPS) is 14.5. The lowest BCUT2D eigenvalue weighted by Gasteiger charge is -2.32. The largest absolute Gasteiger partial charge is 0.490 e. The molecular formula is C21H22F6N4O4. The van der Waals surface area contributed by atoms with Gasteiger partial charge in [-0.2, -0.15) is 26.3 Å². The van der Waals surface area contributed by atoms with Crippen LogP contribution in [0, 0.1) is 0 Å². The molecule has 2 amide bonds. The molecule has 0 aliphatic carbocycles. The van der Waals surface area contributed by atoms with E-state index >= 15 is 0 Å². The van der Waals surface area contributed by atoms with E-state index in [4.69, 9.17) is 20.4 Å². The summed E-state index contributed by atoms with van der Waals surface area (Å²) in [6.07, 6.45) is -8.97. The summed E-state index contributed by atoms with van der Waals surface area (Å²) in [5.41, 5.74) is 5.46. The molecule has 1 fully saturated rings. The molecule has 2 aromatic rings. The Morgan fingerprint density at radius 3 is 2.14 bits per heavy atom. The van der Waals surface area contributed by atoms with Crippen molar-refractivity contribution in [2.24, 2.45) is 5.73 Å². The Kier molecular flexibility index (Phi) is 9.28. The predicted octanol–water partition coefficient (Wildman–Crippen LogP) is 4.27. The van der Waals surface area contributed by atoms with E-state index in [1.165, 1.54) is 6.07 Å². The number of hydrogen-bond donors (Lipinski definition) is 3. The van der Waals surface area contributed by atoms with Gasteiger partial charge in [-0.15, -0.1) is 0 Å². The number of aromatic nitrogens is 1. The van der Waals surface area contributed by atoms with E-state index in [9.17, 15) is 31.1 Å². The molecule has 1 saturated heterocycles. The smallest absolute Gasteiger partial charge is 0.475 e. The van der Waals surface area contributed by atoms with Gasteiger partial charge in [0.15, 0.2) is 0 Å². The zero-order valence-electron chi connectivity index (χ0n) is 18.1. The van der Waals surface area contributed by atoms with Crippen LogP contribution in [-0.4, -0.2) is 52.4 Å². The van der Waals surface area contributed by atoms with Crippen LogP contribution in [0.4, 0.5) is 36.8 Å². The molecule has 2 heterocycles. The summed E-state index contributed by atoms with van der Waals surface area (Å²) >= 11 is 0. The Morgan fingerprint density at radius 1 is 1.09 bits per heavy atom. The van der Waals surface area contributed by atoms with Crippen LogP contribution in [0.25, 0.3) is 0 Å². The molecule has 1 aliphatic rings. The van der Waals surface area contributed by atoms with Gasteiger partial charge in [0, 0.05) is 44.2 Å². The van der Waals surface area contributed by atoms with Crippen molar-refractivity contribution < 1.29 is 45.8 Å². The molecule has 0 spiro atoms. The second kappa shape index (κ2) is 11.7. The van der Waals surface area contributed by atoms with Crippen molar-refractivity contribution >= 4 is 17.7 Å². The lowest BCUT2D eigenvalue weighted by atomic mass is 10.1. The minimum absolute atomic E-state index is 0.0416. The number of amides is 2. The number of carboxylic acids is 1. The van der Waals surface area contributed by atoms with Crippen molar-refractivity contribution in [2.75, 3.05) is 18.4 Å². The van der Waals surface area contributed by atoms with Crippen molar-refractivity contribution in [3.8, 4) is 5.88 Å². The fourth-order valence-corrected chi connectivity index (χ4v) is 2.95. The van der Waals surface area contributed by atoms with E-state index < -0.39 is 24.0 Å². The van der Waals surface area contributed by atoms with E-state index in [2.05, 4.69) is 10.3 Å². The standard InChI is InChI=1S/C19H21F3N4O2.C2HF3O2/c20-19(21,22)16-10-13(12-23)11-17(25-16)28-15-6-8-26(9-7-15)18(27)24-14-4-2-1-3-5-14;3-2(4,5)1(6)7/h1-5,10-11,15H,6-9,12,23H2,(H,24,27);(H,6,7). The lowest BCUT2D eigenvalue weighted by Crippen LogP contribution is -2.43. The van der Waals surface area contributed by atoms with Crippen molar-refractivity contribution in [2.45, 2.75) is 37.8 Å². The van der Waals surface area contributed by atoms with Crippen molar-refractivity contribution in [1.29, 1.82) is 0 Å². The van der Waals surface area contributed by atoms with Gasteiger partial charge >= 0.3 is 24.4 Å². The Balaban J connectivity index is 0.000000540. The number of nitrogens with one attached hydrogen (secondary N) is 1. The molecule has 0 saturated carbocycles. The number of alkyl halides is 6. The van der Waals surface area contributed by atoms with Crippen LogP contribution in [-0.2, 0) is 17.5 Å². The number of carbonyl (C=O) groups excluding carboxylic acids is 1. The third-order valence-corrected chi connectivity index (χ3v) is 4.67. The Bertz CT molecular complexity index is 994. The molecule has 192 valence electrons. The van der Waals surface area contributed by atoms with Gasteiger partial charge in [0.25, 0.3) is 0 Å². The number of benzene rings is 1. The summed E-state index contributed by atoms with van der Waals surface area (Å²) in [4.78, 5) is 26.4. The van der Waals surface area contributed by atoms with Crippen LogP contribution in [0.15, 0.2) is 42.5 Å². The first-order valence-electron chi connectivity index (χ1n) is 10.2. The highest BCUT2D eigenvalue weighted by Crippen LogP contribution is 2.30. The second-order valence-electron chi connectivity index (χ2n) is 7.30. The SMILES string of the molecule is NCc1cc(OC2CCN(C(=O)Nc3ccccc3)CC2)nc(C(F)(F)F)c1.O=C(O)C(F)(F)F. The van der Waals surface area contributed by atoms with Gasteiger partial charge in [-0.1, -0.05) is 18.2 Å². The van der Waals surface area contributed by atoms with Crippen LogP contribution in [0.2, 0.25) is 0 Å². The minimum Gasteiger partial charge on any atom is -0.475 e. The molecule has 0 bridgehead atoms. The fraction of sp³-hybridized carbons (Fsp3) is 0.381. The minimum atomic E-state index is -5.08. The monoisotopic (exact) mass is 508 g/mol. The molecule has 1 aliphatic heterocycles. The van der Waals surface area contributed by atoms with Crippen LogP contribution >= 0.6 is 0 Å². The first-order valence-corrected chi connectivity index (χ1v) is 10.2. The van der Waals surface area contributed by atoms with Gasteiger partial charge in [-0.3, -0.25) is 0 Å². The number of pyridine rings is 1. The van der Waals surface area contributed by atoms with Crippen LogP contribution in [0.1, 0.15) is 24.1 Å². The van der Waals surface area contributed by atoms with Gasteiger partial charge in [-0.05, 0) is 23.8 Å². The molecule has 0 unspecified atom stereocenters. The summed E-state index contributed by atoms with van der Waals surface area (Å²) in [7, 11) is 0. The number of hydrogen-bond acceptors (Lipinski definition) is 5. The molecule has 0 atom stereocenters. The van der Waals surface area contributed by atoms with Crippen molar-refractivity contribution in [3.63, 3.8) is 0 Å². The number of rotatable bonds is 4.